The van der Waals surface area contributed by atoms with Crippen LogP contribution in [0, 0.1) is 0 Å². The van der Waals surface area contributed by atoms with Crippen LogP contribution in [-0.4, -0.2) is 30.1 Å². The van der Waals surface area contributed by atoms with E-state index >= 15 is 0 Å². The minimum absolute atomic E-state index is 0.514. The smallest absolute Gasteiger partial charge is 0.0697 e. The molecular formula is C14H29O2P. The Morgan fingerprint density at radius 1 is 1.06 bits per heavy atom. The molecule has 0 radical (unpaired) electrons. The SMILES string of the molecule is CC(=O)[O-].CC[P+](CC)(CC)C1CCCCC1. The summed E-state index contributed by atoms with van der Waals surface area (Å²) in [4.78, 5) is 8.89. The molecule has 17 heavy (non-hydrogen) atoms. The largest absolute Gasteiger partial charge is 0.550 e. The second-order valence-electron chi connectivity index (χ2n) is 4.95. The van der Waals surface area contributed by atoms with E-state index in [0.29, 0.717) is 0 Å². The summed E-state index contributed by atoms with van der Waals surface area (Å²) >= 11 is 0. The van der Waals surface area contributed by atoms with Crippen LogP contribution in [0.4, 0.5) is 0 Å². The number of hydrogen-bond donors (Lipinski definition) is 0. The van der Waals surface area contributed by atoms with E-state index < -0.39 is 13.2 Å². The standard InChI is InChI=1S/C12H26P.C2H4O2/c1-4-13(5-2,6-3)12-10-8-7-9-11-12;1-2(3)4/h12H,4-11H2,1-3H3;1H3,(H,3,4)/q+1;/p-1. The van der Waals surface area contributed by atoms with E-state index in [1.807, 2.05) is 0 Å². The summed E-state index contributed by atoms with van der Waals surface area (Å²) < 4.78 is 0. The van der Waals surface area contributed by atoms with Gasteiger partial charge in [-0.25, -0.2) is 0 Å². The Morgan fingerprint density at radius 2 is 1.41 bits per heavy atom. The molecule has 1 saturated carbocycles. The van der Waals surface area contributed by atoms with Crippen LogP contribution in [0.3, 0.4) is 0 Å². The van der Waals surface area contributed by atoms with Crippen LogP contribution in [0.2, 0.25) is 0 Å². The van der Waals surface area contributed by atoms with Gasteiger partial charge >= 0.3 is 0 Å². The first-order chi connectivity index (χ1) is 8.02. The second kappa shape index (κ2) is 8.91. The van der Waals surface area contributed by atoms with E-state index in [-0.39, 0.29) is 0 Å². The third kappa shape index (κ3) is 5.86. The number of rotatable bonds is 4. The lowest BCUT2D eigenvalue weighted by atomic mass is 10.0. The van der Waals surface area contributed by atoms with Gasteiger partial charge in [-0.2, -0.15) is 0 Å². The number of carboxylic acids is 1. The van der Waals surface area contributed by atoms with E-state index in [2.05, 4.69) is 20.8 Å². The molecule has 0 bridgehead atoms. The lowest BCUT2D eigenvalue weighted by molar-refractivity contribution is -0.302. The summed E-state index contributed by atoms with van der Waals surface area (Å²) in [5.74, 6) is -1.08. The van der Waals surface area contributed by atoms with Gasteiger partial charge in [0, 0.05) is 13.2 Å². The Kier molecular flexibility index (Phi) is 8.86. The second-order valence-corrected chi connectivity index (χ2v) is 10.0. The number of carboxylic acid groups (broad SMARTS) is 1. The molecular weight excluding hydrogens is 231 g/mol. The molecule has 1 fully saturated rings. The molecule has 2 nitrogen and oxygen atoms in total. The maximum atomic E-state index is 8.89. The molecule has 0 atom stereocenters. The molecule has 0 unspecified atom stereocenters. The summed E-state index contributed by atoms with van der Waals surface area (Å²) in [5.41, 5.74) is 1.15. The molecule has 0 spiro atoms. The minimum atomic E-state index is -1.08. The molecule has 3 heteroatoms. The number of hydrogen-bond acceptors (Lipinski definition) is 2. The fraction of sp³-hybridized carbons (Fsp3) is 0.929. The zero-order valence-corrected chi connectivity index (χ0v) is 12.9. The Hall–Kier alpha value is -0.100. The molecule has 0 aromatic heterocycles. The van der Waals surface area contributed by atoms with Gasteiger partial charge in [0.05, 0.1) is 24.1 Å². The highest BCUT2D eigenvalue weighted by atomic mass is 31.2. The molecule has 102 valence electrons. The third-order valence-electron chi connectivity index (χ3n) is 4.24. The molecule has 0 heterocycles. The van der Waals surface area contributed by atoms with Gasteiger partial charge in [-0.1, -0.05) is 6.42 Å². The van der Waals surface area contributed by atoms with Gasteiger partial charge in [0.15, 0.2) is 0 Å². The third-order valence-corrected chi connectivity index (χ3v) is 10.1. The van der Waals surface area contributed by atoms with Crippen molar-refractivity contribution in [2.24, 2.45) is 0 Å². The molecule has 1 aliphatic carbocycles. The molecule has 0 aromatic carbocycles. The van der Waals surface area contributed by atoms with Crippen LogP contribution in [0.25, 0.3) is 0 Å². The summed E-state index contributed by atoms with van der Waals surface area (Å²) in [6.07, 6.45) is 12.2. The minimum Gasteiger partial charge on any atom is -0.550 e. The average molecular weight is 260 g/mol. The van der Waals surface area contributed by atoms with Gasteiger partial charge in [0.25, 0.3) is 0 Å². The molecule has 0 aromatic rings. The number of carbonyl (C=O) groups is 1. The van der Waals surface area contributed by atoms with Crippen LogP contribution in [0.15, 0.2) is 0 Å². The van der Waals surface area contributed by atoms with Gasteiger partial charge in [0.2, 0.25) is 0 Å². The van der Waals surface area contributed by atoms with Gasteiger partial charge in [0.1, 0.15) is 0 Å². The molecule has 0 N–H and O–H groups in total. The zero-order valence-electron chi connectivity index (χ0n) is 12.0. The van der Waals surface area contributed by atoms with Crippen molar-refractivity contribution in [3.63, 3.8) is 0 Å². The lowest BCUT2D eigenvalue weighted by Gasteiger charge is -2.35. The van der Waals surface area contributed by atoms with Crippen molar-refractivity contribution in [2.45, 2.75) is 65.5 Å². The summed E-state index contributed by atoms with van der Waals surface area (Å²) in [6, 6.07) is 0. The van der Waals surface area contributed by atoms with Crippen molar-refractivity contribution in [3.8, 4) is 0 Å². The van der Waals surface area contributed by atoms with Crippen LogP contribution < -0.4 is 5.11 Å². The number of aliphatic carboxylic acids is 1. The van der Waals surface area contributed by atoms with Crippen molar-refractivity contribution >= 4 is 13.2 Å². The lowest BCUT2D eigenvalue weighted by Crippen LogP contribution is -2.22. The van der Waals surface area contributed by atoms with Crippen molar-refractivity contribution in [1.29, 1.82) is 0 Å². The molecule has 0 saturated heterocycles. The van der Waals surface area contributed by atoms with Gasteiger partial charge in [-0.05, 0) is 53.4 Å². The van der Waals surface area contributed by atoms with Crippen LogP contribution >= 0.6 is 7.26 Å². The predicted octanol–water partition coefficient (Wildman–Crippen LogP) is 3.15. The van der Waals surface area contributed by atoms with Gasteiger partial charge in [-0.15, -0.1) is 0 Å². The van der Waals surface area contributed by atoms with E-state index in [4.69, 9.17) is 9.90 Å². The maximum absolute atomic E-state index is 8.89. The Balaban J connectivity index is 0.000000557. The van der Waals surface area contributed by atoms with Crippen molar-refractivity contribution in [3.05, 3.63) is 0 Å². The maximum Gasteiger partial charge on any atom is 0.0697 e. The molecule has 1 rings (SSSR count). The van der Waals surface area contributed by atoms with Gasteiger partial charge in [-0.3, -0.25) is 0 Å². The van der Waals surface area contributed by atoms with E-state index in [1.165, 1.54) is 37.7 Å². The van der Waals surface area contributed by atoms with Crippen LogP contribution in [0.1, 0.15) is 59.8 Å². The zero-order chi connectivity index (χ0) is 13.3. The summed E-state index contributed by atoms with van der Waals surface area (Å²) in [5, 5.41) is 8.89. The molecule has 1 aliphatic rings. The Bertz CT molecular complexity index is 194. The van der Waals surface area contributed by atoms with E-state index in [0.717, 1.165) is 12.6 Å². The average Bonchev–Trinajstić information content (AvgIpc) is 2.33. The van der Waals surface area contributed by atoms with E-state index in [9.17, 15) is 0 Å². The Morgan fingerprint density at radius 3 is 1.71 bits per heavy atom. The number of carbonyl (C=O) groups excluding carboxylic acids is 1. The first kappa shape index (κ1) is 16.9. The van der Waals surface area contributed by atoms with Gasteiger partial charge < -0.3 is 9.90 Å². The Labute approximate surface area is 108 Å². The molecule has 0 aliphatic heterocycles. The fourth-order valence-corrected chi connectivity index (χ4v) is 7.43. The predicted molar refractivity (Wildman–Crippen MR) is 76.1 cm³/mol. The van der Waals surface area contributed by atoms with Crippen molar-refractivity contribution < 1.29 is 9.90 Å². The van der Waals surface area contributed by atoms with Crippen molar-refractivity contribution in [2.75, 3.05) is 18.5 Å². The topological polar surface area (TPSA) is 40.1 Å². The van der Waals surface area contributed by atoms with E-state index in [1.54, 1.807) is 12.8 Å². The van der Waals surface area contributed by atoms with Crippen LogP contribution in [0.5, 0.6) is 0 Å². The fourth-order valence-electron chi connectivity index (χ4n) is 3.07. The highest BCUT2D eigenvalue weighted by molar-refractivity contribution is 7.76. The first-order valence-electron chi connectivity index (χ1n) is 7.05. The summed E-state index contributed by atoms with van der Waals surface area (Å²) in [7, 11) is -0.514. The first-order valence-corrected chi connectivity index (χ1v) is 9.47. The van der Waals surface area contributed by atoms with Crippen molar-refractivity contribution in [1.82, 2.24) is 0 Å². The normalized spacial score (nSPS) is 17.2. The quantitative estimate of drug-likeness (QED) is 0.728. The van der Waals surface area contributed by atoms with Crippen LogP contribution in [-0.2, 0) is 4.79 Å². The monoisotopic (exact) mass is 260 g/mol. The highest BCUT2D eigenvalue weighted by Gasteiger charge is 2.40. The summed E-state index contributed by atoms with van der Waals surface area (Å²) in [6.45, 7) is 8.29. The highest BCUT2D eigenvalue weighted by Crippen LogP contribution is 2.65. The molecule has 0 amide bonds.